The highest BCUT2D eigenvalue weighted by Crippen LogP contribution is 2.42. The summed E-state index contributed by atoms with van der Waals surface area (Å²) in [4.78, 5) is 29.6. The van der Waals surface area contributed by atoms with E-state index in [4.69, 9.17) is 0 Å². The number of benzene rings is 2. The molecule has 0 unspecified atom stereocenters. The highest BCUT2D eigenvalue weighted by atomic mass is 16.2. The van der Waals surface area contributed by atoms with E-state index in [2.05, 4.69) is 12.1 Å². The van der Waals surface area contributed by atoms with Crippen LogP contribution in [-0.2, 0) is 11.3 Å². The molecule has 0 bridgehead atoms. The van der Waals surface area contributed by atoms with Crippen molar-refractivity contribution >= 4 is 11.8 Å². The molecule has 0 saturated carbocycles. The molecule has 0 aromatic heterocycles. The first-order valence-electron chi connectivity index (χ1n) is 9.36. The number of likely N-dealkylation sites (tertiary alicyclic amines) is 2. The zero-order chi connectivity index (χ0) is 18.0. The second kappa shape index (κ2) is 6.94. The van der Waals surface area contributed by atoms with Crippen molar-refractivity contribution in [2.24, 2.45) is 5.41 Å². The van der Waals surface area contributed by atoms with E-state index >= 15 is 0 Å². The fourth-order valence-electron chi connectivity index (χ4n) is 4.21. The molecule has 4 rings (SSSR count). The normalized spacial score (nSPS) is 19.2. The molecular weight excluding hydrogens is 324 g/mol. The fourth-order valence-corrected chi connectivity index (χ4v) is 4.21. The maximum Gasteiger partial charge on any atom is 0.253 e. The molecule has 2 saturated heterocycles. The Bertz CT molecular complexity index is 780. The van der Waals surface area contributed by atoms with Crippen LogP contribution in [0.1, 0.15) is 35.2 Å². The van der Waals surface area contributed by atoms with Gasteiger partial charge >= 0.3 is 0 Å². The molecular formula is C22H24N2O2. The maximum atomic E-state index is 13.1. The molecule has 4 heteroatoms. The lowest BCUT2D eigenvalue weighted by atomic mass is 9.77. The van der Waals surface area contributed by atoms with Crippen molar-refractivity contribution in [2.75, 3.05) is 19.6 Å². The zero-order valence-corrected chi connectivity index (χ0v) is 14.9. The summed E-state index contributed by atoms with van der Waals surface area (Å²) in [5.74, 6) is 0.347. The molecule has 0 radical (unpaired) electrons. The Morgan fingerprint density at radius 2 is 1.42 bits per heavy atom. The van der Waals surface area contributed by atoms with Gasteiger partial charge in [-0.15, -0.1) is 0 Å². The minimum atomic E-state index is -0.262. The third-order valence-corrected chi connectivity index (χ3v) is 5.85. The van der Waals surface area contributed by atoms with Crippen LogP contribution in [0, 0.1) is 5.41 Å². The van der Waals surface area contributed by atoms with Crippen molar-refractivity contribution in [3.63, 3.8) is 0 Å². The smallest absolute Gasteiger partial charge is 0.253 e. The number of hydrogen-bond donors (Lipinski definition) is 0. The van der Waals surface area contributed by atoms with Crippen LogP contribution in [0.3, 0.4) is 0 Å². The van der Waals surface area contributed by atoms with Crippen LogP contribution in [0.25, 0.3) is 0 Å². The van der Waals surface area contributed by atoms with E-state index in [-0.39, 0.29) is 17.2 Å². The monoisotopic (exact) mass is 348 g/mol. The summed E-state index contributed by atoms with van der Waals surface area (Å²) in [7, 11) is 0. The SMILES string of the molecule is O=C(c1ccccc1)N1CCC2(CC1)CCN(Cc1ccccc1)C2=O. The van der Waals surface area contributed by atoms with E-state index in [0.717, 1.165) is 31.4 Å². The molecule has 0 atom stereocenters. The van der Waals surface area contributed by atoms with E-state index in [1.54, 1.807) is 0 Å². The van der Waals surface area contributed by atoms with Crippen LogP contribution in [0.5, 0.6) is 0 Å². The summed E-state index contributed by atoms with van der Waals surface area (Å²) in [5.41, 5.74) is 1.64. The molecule has 134 valence electrons. The fraction of sp³-hybridized carbons (Fsp3) is 0.364. The Kier molecular flexibility index (Phi) is 4.49. The summed E-state index contributed by atoms with van der Waals surface area (Å²) in [6, 6.07) is 19.6. The number of piperidine rings is 1. The van der Waals surface area contributed by atoms with E-state index in [0.29, 0.717) is 19.6 Å². The molecule has 2 aliphatic heterocycles. The third-order valence-electron chi connectivity index (χ3n) is 5.85. The first-order valence-corrected chi connectivity index (χ1v) is 9.36. The van der Waals surface area contributed by atoms with Crippen molar-refractivity contribution < 1.29 is 9.59 Å². The molecule has 2 aromatic rings. The number of carbonyl (C=O) groups excluding carboxylic acids is 2. The number of hydrogen-bond acceptors (Lipinski definition) is 2. The van der Waals surface area contributed by atoms with Crippen LogP contribution in [0.2, 0.25) is 0 Å². The second-order valence-corrected chi connectivity index (χ2v) is 7.40. The Hall–Kier alpha value is -2.62. The Labute approximate surface area is 154 Å². The first kappa shape index (κ1) is 16.8. The first-order chi connectivity index (χ1) is 12.7. The van der Waals surface area contributed by atoms with Gasteiger partial charge in [0, 0.05) is 31.7 Å². The van der Waals surface area contributed by atoms with Crippen molar-refractivity contribution in [3.05, 3.63) is 71.8 Å². The van der Waals surface area contributed by atoms with Gasteiger partial charge in [0.05, 0.1) is 5.41 Å². The van der Waals surface area contributed by atoms with Gasteiger partial charge in [-0.25, -0.2) is 0 Å². The van der Waals surface area contributed by atoms with E-state index in [9.17, 15) is 9.59 Å². The molecule has 26 heavy (non-hydrogen) atoms. The predicted molar refractivity (Wildman–Crippen MR) is 100 cm³/mol. The van der Waals surface area contributed by atoms with Crippen LogP contribution >= 0.6 is 0 Å². The molecule has 2 aromatic carbocycles. The molecule has 2 heterocycles. The molecule has 0 N–H and O–H groups in total. The van der Waals surface area contributed by atoms with Crippen molar-refractivity contribution in [1.82, 2.24) is 9.80 Å². The van der Waals surface area contributed by atoms with E-state index < -0.39 is 0 Å². The van der Waals surface area contributed by atoms with Gasteiger partial charge in [-0.3, -0.25) is 9.59 Å². The minimum Gasteiger partial charge on any atom is -0.339 e. The lowest BCUT2D eigenvalue weighted by Gasteiger charge is -2.38. The highest BCUT2D eigenvalue weighted by Gasteiger charge is 2.48. The molecule has 1 spiro atoms. The number of amides is 2. The van der Waals surface area contributed by atoms with Gasteiger partial charge in [0.25, 0.3) is 5.91 Å². The van der Waals surface area contributed by atoms with Crippen LogP contribution < -0.4 is 0 Å². The summed E-state index contributed by atoms with van der Waals surface area (Å²) in [6.07, 6.45) is 2.46. The standard InChI is InChI=1S/C22H24N2O2/c25-20(19-9-5-2-6-10-19)23-14-11-22(12-15-23)13-16-24(21(22)26)17-18-7-3-1-4-8-18/h1-10H,11-17H2. The Balaban J connectivity index is 1.39. The van der Waals surface area contributed by atoms with Gasteiger partial charge in [-0.05, 0) is 37.0 Å². The average Bonchev–Trinajstić information content (AvgIpc) is 2.99. The topological polar surface area (TPSA) is 40.6 Å². The maximum absolute atomic E-state index is 13.1. The van der Waals surface area contributed by atoms with Crippen molar-refractivity contribution in [3.8, 4) is 0 Å². The van der Waals surface area contributed by atoms with Crippen molar-refractivity contribution in [2.45, 2.75) is 25.8 Å². The van der Waals surface area contributed by atoms with Gasteiger partial charge in [0.15, 0.2) is 0 Å². The van der Waals surface area contributed by atoms with Gasteiger partial charge < -0.3 is 9.80 Å². The molecule has 4 nitrogen and oxygen atoms in total. The van der Waals surface area contributed by atoms with E-state index in [1.807, 2.05) is 58.3 Å². The summed E-state index contributed by atoms with van der Waals surface area (Å²) >= 11 is 0. The van der Waals surface area contributed by atoms with Gasteiger partial charge in [-0.2, -0.15) is 0 Å². The summed E-state index contributed by atoms with van der Waals surface area (Å²) in [6.45, 7) is 2.84. The Morgan fingerprint density at radius 3 is 2.08 bits per heavy atom. The minimum absolute atomic E-state index is 0.0760. The number of carbonyl (C=O) groups is 2. The third kappa shape index (κ3) is 3.12. The van der Waals surface area contributed by atoms with Crippen LogP contribution in [0.15, 0.2) is 60.7 Å². The van der Waals surface area contributed by atoms with E-state index in [1.165, 1.54) is 5.56 Å². The van der Waals surface area contributed by atoms with Crippen molar-refractivity contribution in [1.29, 1.82) is 0 Å². The summed E-state index contributed by atoms with van der Waals surface area (Å²) in [5, 5.41) is 0. The quantitative estimate of drug-likeness (QED) is 0.853. The van der Waals surface area contributed by atoms with Gasteiger partial charge in [0.1, 0.15) is 0 Å². The highest BCUT2D eigenvalue weighted by molar-refractivity contribution is 5.94. The lowest BCUT2D eigenvalue weighted by Crippen LogP contribution is -2.46. The zero-order valence-electron chi connectivity index (χ0n) is 14.9. The molecule has 2 aliphatic rings. The molecule has 0 aliphatic carbocycles. The van der Waals surface area contributed by atoms with Gasteiger partial charge in [-0.1, -0.05) is 48.5 Å². The Morgan fingerprint density at radius 1 is 0.846 bits per heavy atom. The van der Waals surface area contributed by atoms with Crippen LogP contribution in [-0.4, -0.2) is 41.2 Å². The largest absolute Gasteiger partial charge is 0.339 e. The number of rotatable bonds is 3. The predicted octanol–water partition coefficient (Wildman–Crippen LogP) is 3.34. The van der Waals surface area contributed by atoms with Gasteiger partial charge in [0.2, 0.25) is 5.91 Å². The lowest BCUT2D eigenvalue weighted by molar-refractivity contribution is -0.138. The molecule has 2 amide bonds. The number of nitrogens with zero attached hydrogens (tertiary/aromatic N) is 2. The van der Waals surface area contributed by atoms with Crippen LogP contribution in [0.4, 0.5) is 0 Å². The average molecular weight is 348 g/mol. The molecule has 2 fully saturated rings. The summed E-state index contributed by atoms with van der Waals surface area (Å²) < 4.78 is 0. The second-order valence-electron chi connectivity index (χ2n) is 7.40.